The molecule has 2 rings (SSSR count). The maximum absolute atomic E-state index is 5.42. The zero-order chi connectivity index (χ0) is 10.7. The predicted octanol–water partition coefficient (Wildman–Crippen LogP) is 2.60. The minimum Gasteiger partial charge on any atom is -0.465 e. The van der Waals surface area contributed by atoms with E-state index in [2.05, 4.69) is 10.5 Å². The van der Waals surface area contributed by atoms with Crippen LogP contribution in [-0.2, 0) is 13.1 Å². The molecule has 0 aromatic carbocycles. The number of nitrogens with one attached hydrogen (secondary N) is 1. The van der Waals surface area contributed by atoms with Crippen molar-refractivity contribution in [2.45, 2.75) is 26.9 Å². The van der Waals surface area contributed by atoms with Gasteiger partial charge in [0.25, 0.3) is 0 Å². The summed E-state index contributed by atoms with van der Waals surface area (Å²) in [4.78, 5) is 0. The molecule has 2 aromatic heterocycles. The molecule has 0 bridgehead atoms. The first-order valence-electron chi connectivity index (χ1n) is 4.92. The maximum atomic E-state index is 5.42. The first kappa shape index (κ1) is 12.8. The van der Waals surface area contributed by atoms with Crippen molar-refractivity contribution in [2.24, 2.45) is 0 Å². The van der Waals surface area contributed by atoms with E-state index >= 15 is 0 Å². The van der Waals surface area contributed by atoms with Gasteiger partial charge in [-0.3, -0.25) is 0 Å². The molecule has 0 aliphatic heterocycles. The molecule has 2 aromatic rings. The smallest absolute Gasteiger partial charge is 0.133 e. The molecule has 0 aliphatic carbocycles. The minimum atomic E-state index is 0. The van der Waals surface area contributed by atoms with Crippen LogP contribution in [0.25, 0.3) is 0 Å². The van der Waals surface area contributed by atoms with E-state index in [1.807, 2.05) is 32.0 Å². The zero-order valence-corrected chi connectivity index (χ0v) is 10.1. The van der Waals surface area contributed by atoms with Crippen molar-refractivity contribution in [3.63, 3.8) is 0 Å². The van der Waals surface area contributed by atoms with Crippen LogP contribution in [0.2, 0.25) is 0 Å². The summed E-state index contributed by atoms with van der Waals surface area (Å²) in [5, 5.41) is 7.11. The molecule has 88 valence electrons. The van der Waals surface area contributed by atoms with Gasteiger partial charge in [-0.05, 0) is 26.0 Å². The van der Waals surface area contributed by atoms with Crippen LogP contribution in [-0.4, -0.2) is 5.16 Å². The number of hydrogen-bond acceptors (Lipinski definition) is 4. The molecule has 0 radical (unpaired) electrons. The maximum Gasteiger partial charge on any atom is 0.133 e. The molecule has 0 saturated carbocycles. The summed E-state index contributed by atoms with van der Waals surface area (Å²) >= 11 is 0. The number of hydrogen-bond donors (Lipinski definition) is 1. The van der Waals surface area contributed by atoms with Crippen molar-refractivity contribution < 1.29 is 8.94 Å². The first-order chi connectivity index (χ1) is 7.24. The normalized spacial score (nSPS) is 10.1. The van der Waals surface area contributed by atoms with Gasteiger partial charge in [-0.15, -0.1) is 12.4 Å². The van der Waals surface area contributed by atoms with E-state index in [0.717, 1.165) is 23.0 Å². The highest BCUT2D eigenvalue weighted by atomic mass is 35.5. The van der Waals surface area contributed by atoms with E-state index < -0.39 is 0 Å². The summed E-state index contributed by atoms with van der Waals surface area (Å²) in [6, 6.07) is 5.84. The Hall–Kier alpha value is -1.26. The van der Waals surface area contributed by atoms with Crippen LogP contribution in [0, 0.1) is 13.8 Å². The summed E-state index contributed by atoms with van der Waals surface area (Å²) in [5.74, 6) is 2.71. The van der Waals surface area contributed by atoms with E-state index in [0.29, 0.717) is 13.1 Å². The van der Waals surface area contributed by atoms with Gasteiger partial charge in [-0.1, -0.05) is 5.16 Å². The lowest BCUT2D eigenvalue weighted by Gasteiger charge is -1.98. The average Bonchev–Trinajstić information content (AvgIpc) is 2.76. The Morgan fingerprint density at radius 2 is 2.00 bits per heavy atom. The zero-order valence-electron chi connectivity index (χ0n) is 9.32. The largest absolute Gasteiger partial charge is 0.465 e. The second-order valence-corrected chi connectivity index (χ2v) is 3.54. The lowest BCUT2D eigenvalue weighted by Crippen LogP contribution is -2.12. The van der Waals surface area contributed by atoms with Gasteiger partial charge >= 0.3 is 0 Å². The molecular formula is C11H15ClN2O2. The number of aromatic nitrogens is 1. The Balaban J connectivity index is 0.00000128. The molecule has 4 nitrogen and oxygen atoms in total. The topological polar surface area (TPSA) is 51.2 Å². The Bertz CT molecular complexity index is 396. The van der Waals surface area contributed by atoms with Crippen molar-refractivity contribution in [3.05, 3.63) is 41.2 Å². The van der Waals surface area contributed by atoms with E-state index in [-0.39, 0.29) is 12.4 Å². The molecule has 0 unspecified atom stereocenters. The SMILES string of the molecule is Cc1cc(CNCc2ccc(C)o2)no1.Cl. The summed E-state index contributed by atoms with van der Waals surface area (Å²) in [6.07, 6.45) is 0. The Morgan fingerprint density at radius 3 is 2.56 bits per heavy atom. The van der Waals surface area contributed by atoms with E-state index in [1.54, 1.807) is 0 Å². The fourth-order valence-corrected chi connectivity index (χ4v) is 1.40. The van der Waals surface area contributed by atoms with Gasteiger partial charge in [0.1, 0.15) is 17.3 Å². The van der Waals surface area contributed by atoms with Gasteiger partial charge in [0, 0.05) is 12.6 Å². The van der Waals surface area contributed by atoms with Gasteiger partial charge in [0.05, 0.1) is 12.2 Å². The summed E-state index contributed by atoms with van der Waals surface area (Å²) in [6.45, 7) is 5.22. The summed E-state index contributed by atoms with van der Waals surface area (Å²) in [7, 11) is 0. The van der Waals surface area contributed by atoms with Gasteiger partial charge < -0.3 is 14.3 Å². The van der Waals surface area contributed by atoms with Crippen LogP contribution in [0.5, 0.6) is 0 Å². The molecule has 0 aliphatic rings. The van der Waals surface area contributed by atoms with Gasteiger partial charge in [0.2, 0.25) is 0 Å². The summed E-state index contributed by atoms with van der Waals surface area (Å²) < 4.78 is 10.4. The summed E-state index contributed by atoms with van der Waals surface area (Å²) in [5.41, 5.74) is 0.913. The standard InChI is InChI=1S/C11H14N2O2.ClH/c1-8-3-4-11(14-8)7-12-6-10-5-9(2)15-13-10;/h3-5,12H,6-7H2,1-2H3;1H. The Labute approximate surface area is 100 Å². The van der Waals surface area contributed by atoms with E-state index in [9.17, 15) is 0 Å². The number of aryl methyl sites for hydroxylation is 2. The average molecular weight is 243 g/mol. The number of rotatable bonds is 4. The number of furan rings is 1. The van der Waals surface area contributed by atoms with Crippen LogP contribution in [0.1, 0.15) is 23.0 Å². The third-order valence-corrected chi connectivity index (χ3v) is 2.08. The van der Waals surface area contributed by atoms with Crippen molar-refractivity contribution in [2.75, 3.05) is 0 Å². The Morgan fingerprint density at radius 1 is 1.19 bits per heavy atom. The van der Waals surface area contributed by atoms with Crippen molar-refractivity contribution in [1.82, 2.24) is 10.5 Å². The van der Waals surface area contributed by atoms with Gasteiger partial charge in [0.15, 0.2) is 0 Å². The fraction of sp³-hybridized carbons (Fsp3) is 0.364. The molecule has 0 atom stereocenters. The molecule has 2 heterocycles. The molecule has 5 heteroatoms. The second kappa shape index (κ2) is 5.72. The van der Waals surface area contributed by atoms with Gasteiger partial charge in [-0.2, -0.15) is 0 Å². The minimum absolute atomic E-state index is 0. The van der Waals surface area contributed by atoms with Crippen LogP contribution in [0.3, 0.4) is 0 Å². The molecule has 0 amide bonds. The van der Waals surface area contributed by atoms with Crippen LogP contribution < -0.4 is 5.32 Å². The van der Waals surface area contributed by atoms with Crippen LogP contribution >= 0.6 is 12.4 Å². The molecule has 0 spiro atoms. The molecular weight excluding hydrogens is 228 g/mol. The highest BCUT2D eigenvalue weighted by Gasteiger charge is 2.01. The predicted molar refractivity (Wildman–Crippen MR) is 62.5 cm³/mol. The first-order valence-corrected chi connectivity index (χ1v) is 4.92. The van der Waals surface area contributed by atoms with Crippen molar-refractivity contribution >= 4 is 12.4 Å². The van der Waals surface area contributed by atoms with Gasteiger partial charge in [-0.25, -0.2) is 0 Å². The Kier molecular flexibility index (Phi) is 4.58. The van der Waals surface area contributed by atoms with Crippen LogP contribution in [0.4, 0.5) is 0 Å². The number of halogens is 1. The molecule has 0 saturated heterocycles. The van der Waals surface area contributed by atoms with Crippen molar-refractivity contribution in [3.8, 4) is 0 Å². The molecule has 0 fully saturated rings. The molecule has 16 heavy (non-hydrogen) atoms. The van der Waals surface area contributed by atoms with Crippen LogP contribution in [0.15, 0.2) is 27.1 Å². The monoisotopic (exact) mass is 242 g/mol. The fourth-order valence-electron chi connectivity index (χ4n) is 1.40. The third kappa shape index (κ3) is 3.40. The quantitative estimate of drug-likeness (QED) is 0.896. The number of nitrogens with zero attached hydrogens (tertiary/aromatic N) is 1. The van der Waals surface area contributed by atoms with E-state index in [4.69, 9.17) is 8.94 Å². The van der Waals surface area contributed by atoms with E-state index in [1.165, 1.54) is 0 Å². The second-order valence-electron chi connectivity index (χ2n) is 3.54. The lowest BCUT2D eigenvalue weighted by atomic mass is 10.3. The molecule has 1 N–H and O–H groups in total. The van der Waals surface area contributed by atoms with Crippen molar-refractivity contribution in [1.29, 1.82) is 0 Å². The third-order valence-electron chi connectivity index (χ3n) is 2.08. The highest BCUT2D eigenvalue weighted by Crippen LogP contribution is 2.06. The lowest BCUT2D eigenvalue weighted by molar-refractivity contribution is 0.386. The highest BCUT2D eigenvalue weighted by molar-refractivity contribution is 5.85.